The first-order chi connectivity index (χ1) is 4.24. The first-order valence-corrected chi connectivity index (χ1v) is 6.62. The fraction of sp³-hybridized carbons (Fsp3) is 1.00. The van der Waals surface area contributed by atoms with Crippen molar-refractivity contribution in [2.75, 3.05) is 24.6 Å². The molecule has 0 aromatic carbocycles. The van der Waals surface area contributed by atoms with Crippen LogP contribution >= 0.6 is 7.26 Å². The van der Waals surface area contributed by atoms with E-state index in [-0.39, 0.29) is 0 Å². The summed E-state index contributed by atoms with van der Waals surface area (Å²) in [4.78, 5) is 0. The van der Waals surface area contributed by atoms with Gasteiger partial charge in [0.25, 0.3) is 0 Å². The van der Waals surface area contributed by atoms with Crippen molar-refractivity contribution in [2.45, 2.75) is 27.7 Å². The Morgan fingerprint density at radius 2 is 0.889 bits per heavy atom. The summed E-state index contributed by atoms with van der Waals surface area (Å²) >= 11 is 0. The van der Waals surface area contributed by atoms with E-state index in [9.17, 15) is 0 Å². The highest BCUT2D eigenvalue weighted by atomic mass is 31.2. The Hall–Kier alpha value is 0.430. The van der Waals surface area contributed by atoms with Gasteiger partial charge in [0.1, 0.15) is 0 Å². The van der Waals surface area contributed by atoms with E-state index in [1.807, 2.05) is 0 Å². The van der Waals surface area contributed by atoms with Gasteiger partial charge < -0.3 is 0 Å². The third-order valence-electron chi connectivity index (χ3n) is 2.68. The zero-order chi connectivity index (χ0) is 7.33. The number of hydrogen-bond acceptors (Lipinski definition) is 0. The quantitative estimate of drug-likeness (QED) is 0.536. The van der Waals surface area contributed by atoms with Crippen LogP contribution in [0.2, 0.25) is 0 Å². The SMILES string of the molecule is CC[P+](CC)(CC)CC. The zero-order valence-corrected chi connectivity index (χ0v) is 8.17. The monoisotopic (exact) mass is 147 g/mol. The molecule has 0 heterocycles. The molecule has 0 unspecified atom stereocenters. The highest BCUT2D eigenvalue weighted by Crippen LogP contribution is 2.57. The Morgan fingerprint density at radius 1 is 0.667 bits per heavy atom. The Kier molecular flexibility index (Phi) is 4.48. The average molecular weight is 147 g/mol. The molecule has 0 N–H and O–H groups in total. The van der Waals surface area contributed by atoms with Gasteiger partial charge in [-0.05, 0) is 27.7 Å². The highest BCUT2D eigenvalue weighted by Gasteiger charge is 2.27. The smallest absolute Gasteiger partial charge is 0.0311 e. The molecule has 0 nitrogen and oxygen atoms in total. The standard InChI is InChI=1S/C8H20P/c1-5-9(6-2,7-3)8-4/h5-8H2,1-4H3/q+1. The summed E-state index contributed by atoms with van der Waals surface area (Å²) in [7, 11) is -0.420. The van der Waals surface area contributed by atoms with E-state index in [4.69, 9.17) is 0 Å². The summed E-state index contributed by atoms with van der Waals surface area (Å²) in [6, 6.07) is 0. The second-order valence-electron chi connectivity index (χ2n) is 2.61. The van der Waals surface area contributed by atoms with Crippen molar-refractivity contribution in [1.29, 1.82) is 0 Å². The number of rotatable bonds is 4. The summed E-state index contributed by atoms with van der Waals surface area (Å²) in [5, 5.41) is 0. The molecule has 56 valence electrons. The van der Waals surface area contributed by atoms with E-state index in [0.29, 0.717) is 0 Å². The van der Waals surface area contributed by atoms with Gasteiger partial charge in [0.15, 0.2) is 0 Å². The Morgan fingerprint density at radius 3 is 0.889 bits per heavy atom. The van der Waals surface area contributed by atoms with Crippen molar-refractivity contribution < 1.29 is 0 Å². The van der Waals surface area contributed by atoms with Crippen LogP contribution in [0.15, 0.2) is 0 Å². The molecule has 0 radical (unpaired) electrons. The van der Waals surface area contributed by atoms with Gasteiger partial charge in [0.05, 0.1) is 24.6 Å². The molecular weight excluding hydrogens is 127 g/mol. The average Bonchev–Trinajstić information content (AvgIpc) is 1.95. The van der Waals surface area contributed by atoms with E-state index in [1.54, 1.807) is 0 Å². The van der Waals surface area contributed by atoms with Crippen LogP contribution in [0.4, 0.5) is 0 Å². The minimum absolute atomic E-state index is 0.420. The van der Waals surface area contributed by atoms with Crippen LogP contribution in [0.5, 0.6) is 0 Å². The van der Waals surface area contributed by atoms with Gasteiger partial charge in [-0.3, -0.25) is 0 Å². The van der Waals surface area contributed by atoms with Crippen LogP contribution < -0.4 is 0 Å². The zero-order valence-electron chi connectivity index (χ0n) is 7.28. The lowest BCUT2D eigenvalue weighted by atomic mass is 10.9. The molecule has 0 atom stereocenters. The van der Waals surface area contributed by atoms with Crippen LogP contribution in [0.25, 0.3) is 0 Å². The molecule has 0 aliphatic heterocycles. The minimum atomic E-state index is -0.420. The normalized spacial score (nSPS) is 12.0. The maximum atomic E-state index is 2.35. The molecule has 0 bridgehead atoms. The Labute approximate surface area is 60.4 Å². The van der Waals surface area contributed by atoms with E-state index >= 15 is 0 Å². The predicted molar refractivity (Wildman–Crippen MR) is 49.1 cm³/mol. The number of hydrogen-bond donors (Lipinski definition) is 0. The van der Waals surface area contributed by atoms with Gasteiger partial charge in [-0.1, -0.05) is 0 Å². The molecule has 9 heavy (non-hydrogen) atoms. The lowest BCUT2D eigenvalue weighted by Gasteiger charge is -2.20. The van der Waals surface area contributed by atoms with Crippen molar-refractivity contribution in [3.05, 3.63) is 0 Å². The Bertz CT molecular complexity index is 47.5. The largest absolute Gasteiger partial charge is 0.0565 e. The van der Waals surface area contributed by atoms with Crippen molar-refractivity contribution in [3.63, 3.8) is 0 Å². The van der Waals surface area contributed by atoms with Gasteiger partial charge in [-0.25, -0.2) is 0 Å². The van der Waals surface area contributed by atoms with Gasteiger partial charge in [0, 0.05) is 7.26 Å². The van der Waals surface area contributed by atoms with Crippen LogP contribution in [-0.4, -0.2) is 24.6 Å². The van der Waals surface area contributed by atoms with E-state index in [2.05, 4.69) is 27.7 Å². The van der Waals surface area contributed by atoms with E-state index < -0.39 is 7.26 Å². The summed E-state index contributed by atoms with van der Waals surface area (Å²) in [5.74, 6) is 0. The summed E-state index contributed by atoms with van der Waals surface area (Å²) in [5.41, 5.74) is 0. The van der Waals surface area contributed by atoms with Gasteiger partial charge in [0.2, 0.25) is 0 Å². The summed E-state index contributed by atoms with van der Waals surface area (Å²) in [6.45, 7) is 9.41. The molecule has 0 rings (SSSR count). The van der Waals surface area contributed by atoms with Gasteiger partial charge in [-0.2, -0.15) is 0 Å². The van der Waals surface area contributed by atoms with Crippen molar-refractivity contribution in [1.82, 2.24) is 0 Å². The maximum absolute atomic E-state index is 2.35. The lowest BCUT2D eigenvalue weighted by Crippen LogP contribution is -2.04. The fourth-order valence-electron chi connectivity index (χ4n) is 1.34. The second-order valence-corrected chi connectivity index (χ2v) is 7.82. The van der Waals surface area contributed by atoms with E-state index in [0.717, 1.165) is 0 Å². The summed E-state index contributed by atoms with van der Waals surface area (Å²) in [6.07, 6.45) is 5.82. The van der Waals surface area contributed by atoms with Gasteiger partial charge in [-0.15, -0.1) is 0 Å². The van der Waals surface area contributed by atoms with Crippen LogP contribution in [0.1, 0.15) is 27.7 Å². The minimum Gasteiger partial charge on any atom is -0.0311 e. The molecule has 1 heteroatoms. The molecule has 0 amide bonds. The van der Waals surface area contributed by atoms with Crippen molar-refractivity contribution in [2.24, 2.45) is 0 Å². The van der Waals surface area contributed by atoms with Crippen LogP contribution in [0.3, 0.4) is 0 Å². The third-order valence-corrected chi connectivity index (χ3v) is 8.05. The van der Waals surface area contributed by atoms with Crippen molar-refractivity contribution >= 4 is 7.26 Å². The molecule has 0 spiro atoms. The second kappa shape index (κ2) is 4.28. The van der Waals surface area contributed by atoms with Crippen LogP contribution in [0, 0.1) is 0 Å². The summed E-state index contributed by atoms with van der Waals surface area (Å²) < 4.78 is 0. The fourth-order valence-corrected chi connectivity index (χ4v) is 4.02. The molecule has 0 aromatic heterocycles. The maximum Gasteiger partial charge on any atom is 0.0565 e. The lowest BCUT2D eigenvalue weighted by molar-refractivity contribution is 1.25. The van der Waals surface area contributed by atoms with Crippen molar-refractivity contribution in [3.8, 4) is 0 Å². The topological polar surface area (TPSA) is 0 Å². The third kappa shape index (κ3) is 2.26. The predicted octanol–water partition coefficient (Wildman–Crippen LogP) is 3.08. The highest BCUT2D eigenvalue weighted by molar-refractivity contribution is 7.75. The molecule has 0 aliphatic rings. The molecule has 0 fully saturated rings. The molecule has 0 aliphatic carbocycles. The molecule has 0 aromatic rings. The molecular formula is C8H20P+. The van der Waals surface area contributed by atoms with Crippen LogP contribution in [-0.2, 0) is 0 Å². The molecule has 0 saturated carbocycles. The van der Waals surface area contributed by atoms with Gasteiger partial charge >= 0.3 is 0 Å². The Balaban J connectivity index is 3.82. The molecule has 0 saturated heterocycles. The first kappa shape index (κ1) is 9.43. The van der Waals surface area contributed by atoms with E-state index in [1.165, 1.54) is 24.6 Å². The first-order valence-electron chi connectivity index (χ1n) is 4.09.